The van der Waals surface area contributed by atoms with Crippen molar-refractivity contribution in [3.63, 3.8) is 0 Å². The van der Waals surface area contributed by atoms with Crippen molar-refractivity contribution in [2.24, 2.45) is 0 Å². The van der Waals surface area contributed by atoms with Gasteiger partial charge in [-0.2, -0.15) is 8.42 Å². The molecule has 16 heavy (non-hydrogen) atoms. The topological polar surface area (TPSA) is 75.6 Å². The summed E-state index contributed by atoms with van der Waals surface area (Å²) in [5.74, 6) is -0.117. The van der Waals surface area contributed by atoms with E-state index in [0.717, 1.165) is 45.4 Å². The molecule has 0 spiro atoms. The lowest BCUT2D eigenvalue weighted by Gasteiger charge is -2.23. The van der Waals surface area contributed by atoms with E-state index in [4.69, 9.17) is 9.29 Å². The Morgan fingerprint density at radius 1 is 1.25 bits per heavy atom. The molecule has 0 aromatic carbocycles. The van der Waals surface area contributed by atoms with Gasteiger partial charge < -0.3 is 10.1 Å². The summed E-state index contributed by atoms with van der Waals surface area (Å²) in [6.07, 6.45) is 4.78. The number of ether oxygens (including phenoxy) is 1. The molecule has 1 aliphatic heterocycles. The van der Waals surface area contributed by atoms with Crippen molar-refractivity contribution in [2.75, 3.05) is 25.4 Å². The third-order valence-electron chi connectivity index (χ3n) is 2.68. The van der Waals surface area contributed by atoms with Gasteiger partial charge in [0.25, 0.3) is 10.1 Å². The molecular formula is C10H21NO4S. The summed E-state index contributed by atoms with van der Waals surface area (Å²) in [5, 5.41) is 3.27. The van der Waals surface area contributed by atoms with Gasteiger partial charge in [-0.1, -0.05) is 19.3 Å². The molecule has 0 saturated carbocycles. The maximum absolute atomic E-state index is 10.4. The fourth-order valence-electron chi connectivity index (χ4n) is 1.82. The molecule has 0 aromatic rings. The van der Waals surface area contributed by atoms with Crippen LogP contribution in [0.15, 0.2) is 0 Å². The highest BCUT2D eigenvalue weighted by atomic mass is 32.2. The summed E-state index contributed by atoms with van der Waals surface area (Å²) < 4.78 is 34.9. The summed E-state index contributed by atoms with van der Waals surface area (Å²) in [6, 6.07) is 0. The average Bonchev–Trinajstić information content (AvgIpc) is 2.23. The third kappa shape index (κ3) is 7.16. The molecular weight excluding hydrogens is 230 g/mol. The van der Waals surface area contributed by atoms with Crippen molar-refractivity contribution >= 4 is 10.1 Å². The Labute approximate surface area is 97.3 Å². The lowest BCUT2D eigenvalue weighted by atomic mass is 10.1. The van der Waals surface area contributed by atoms with E-state index in [1.54, 1.807) is 0 Å². The van der Waals surface area contributed by atoms with Gasteiger partial charge in [0.1, 0.15) is 0 Å². The van der Waals surface area contributed by atoms with E-state index in [1.807, 2.05) is 0 Å². The van der Waals surface area contributed by atoms with Gasteiger partial charge >= 0.3 is 0 Å². The standard InChI is InChI=1S/C10H21NO4S/c12-16(13,14)8-4-2-1-3-5-10-9-11-6-7-15-10/h10-11H,1-9H2,(H,12,13,14). The van der Waals surface area contributed by atoms with Gasteiger partial charge in [0, 0.05) is 13.1 Å². The Balaban J connectivity index is 1.91. The van der Waals surface area contributed by atoms with E-state index in [2.05, 4.69) is 5.32 Å². The van der Waals surface area contributed by atoms with Crippen molar-refractivity contribution in [3.05, 3.63) is 0 Å². The quantitative estimate of drug-likeness (QED) is 0.517. The highest BCUT2D eigenvalue weighted by Gasteiger charge is 2.12. The third-order valence-corrected chi connectivity index (χ3v) is 3.49. The van der Waals surface area contributed by atoms with Crippen LogP contribution < -0.4 is 5.32 Å². The first kappa shape index (κ1) is 13.9. The van der Waals surface area contributed by atoms with E-state index in [0.29, 0.717) is 12.5 Å². The number of hydrogen-bond acceptors (Lipinski definition) is 4. The zero-order valence-electron chi connectivity index (χ0n) is 9.52. The molecule has 0 aromatic heterocycles. The normalized spacial score (nSPS) is 22.2. The fraction of sp³-hybridized carbons (Fsp3) is 1.00. The number of nitrogens with one attached hydrogen (secondary N) is 1. The minimum absolute atomic E-state index is 0.117. The molecule has 1 rings (SSSR count). The van der Waals surface area contributed by atoms with E-state index in [1.165, 1.54) is 0 Å². The van der Waals surface area contributed by atoms with Crippen molar-refractivity contribution in [2.45, 2.75) is 38.2 Å². The molecule has 1 aliphatic rings. The molecule has 1 atom stereocenters. The molecule has 1 heterocycles. The molecule has 0 radical (unpaired) electrons. The molecule has 5 nitrogen and oxygen atoms in total. The van der Waals surface area contributed by atoms with Gasteiger partial charge in [-0.05, 0) is 12.8 Å². The molecule has 2 N–H and O–H groups in total. The first-order valence-corrected chi connectivity index (χ1v) is 7.46. The highest BCUT2D eigenvalue weighted by molar-refractivity contribution is 7.85. The molecule has 1 saturated heterocycles. The number of hydrogen-bond donors (Lipinski definition) is 2. The second-order valence-electron chi connectivity index (χ2n) is 4.19. The highest BCUT2D eigenvalue weighted by Crippen LogP contribution is 2.10. The Morgan fingerprint density at radius 2 is 2.00 bits per heavy atom. The van der Waals surface area contributed by atoms with Gasteiger partial charge in [0.15, 0.2) is 0 Å². The van der Waals surface area contributed by atoms with Gasteiger partial charge in [-0.15, -0.1) is 0 Å². The zero-order chi connectivity index (χ0) is 11.9. The number of rotatable bonds is 7. The smallest absolute Gasteiger partial charge is 0.264 e. The van der Waals surface area contributed by atoms with Gasteiger partial charge in [0.2, 0.25) is 0 Å². The van der Waals surface area contributed by atoms with E-state index >= 15 is 0 Å². The van der Waals surface area contributed by atoms with Crippen LogP contribution >= 0.6 is 0 Å². The minimum Gasteiger partial charge on any atom is -0.376 e. The average molecular weight is 251 g/mol. The van der Waals surface area contributed by atoms with Crippen LogP contribution in [0.1, 0.15) is 32.1 Å². The van der Waals surface area contributed by atoms with Crippen LogP contribution in [0.3, 0.4) is 0 Å². The predicted molar refractivity (Wildman–Crippen MR) is 62.1 cm³/mol. The van der Waals surface area contributed by atoms with Gasteiger partial charge in [-0.25, -0.2) is 0 Å². The van der Waals surface area contributed by atoms with E-state index in [-0.39, 0.29) is 5.75 Å². The van der Waals surface area contributed by atoms with Crippen molar-refractivity contribution in [3.8, 4) is 0 Å². The largest absolute Gasteiger partial charge is 0.376 e. The van der Waals surface area contributed by atoms with Crippen LogP contribution in [-0.4, -0.2) is 44.5 Å². The molecule has 1 unspecified atom stereocenters. The molecule has 1 fully saturated rings. The lowest BCUT2D eigenvalue weighted by Crippen LogP contribution is -2.38. The lowest BCUT2D eigenvalue weighted by molar-refractivity contribution is 0.0221. The minimum atomic E-state index is -3.77. The van der Waals surface area contributed by atoms with Gasteiger partial charge in [0.05, 0.1) is 18.5 Å². The molecule has 96 valence electrons. The van der Waals surface area contributed by atoms with Crippen molar-refractivity contribution in [1.82, 2.24) is 5.32 Å². The molecule has 0 bridgehead atoms. The summed E-state index contributed by atoms with van der Waals surface area (Å²) >= 11 is 0. The zero-order valence-corrected chi connectivity index (χ0v) is 10.3. The summed E-state index contributed by atoms with van der Waals surface area (Å²) in [4.78, 5) is 0. The van der Waals surface area contributed by atoms with Crippen LogP contribution in [0.4, 0.5) is 0 Å². The fourth-order valence-corrected chi connectivity index (χ4v) is 2.38. The predicted octanol–water partition coefficient (Wildman–Crippen LogP) is 0.813. The van der Waals surface area contributed by atoms with E-state index in [9.17, 15) is 8.42 Å². The van der Waals surface area contributed by atoms with Crippen LogP contribution in [0.25, 0.3) is 0 Å². The van der Waals surface area contributed by atoms with Crippen LogP contribution in [0, 0.1) is 0 Å². The Bertz CT molecular complexity index is 273. The second kappa shape index (κ2) is 7.21. The number of morpholine rings is 1. The van der Waals surface area contributed by atoms with Crippen LogP contribution in [0.5, 0.6) is 0 Å². The maximum atomic E-state index is 10.4. The van der Waals surface area contributed by atoms with E-state index < -0.39 is 10.1 Å². The summed E-state index contributed by atoms with van der Waals surface area (Å²) in [5.41, 5.74) is 0. The Morgan fingerprint density at radius 3 is 2.62 bits per heavy atom. The summed E-state index contributed by atoms with van der Waals surface area (Å²) in [6.45, 7) is 2.64. The van der Waals surface area contributed by atoms with Crippen molar-refractivity contribution < 1.29 is 17.7 Å². The first-order chi connectivity index (χ1) is 7.58. The van der Waals surface area contributed by atoms with Crippen LogP contribution in [0.2, 0.25) is 0 Å². The summed E-state index contributed by atoms with van der Waals surface area (Å²) in [7, 11) is -3.77. The van der Waals surface area contributed by atoms with Crippen molar-refractivity contribution in [1.29, 1.82) is 0 Å². The number of unbranched alkanes of at least 4 members (excludes halogenated alkanes) is 3. The Hall–Kier alpha value is -0.170. The molecule has 6 heteroatoms. The molecule has 0 amide bonds. The van der Waals surface area contributed by atoms with Gasteiger partial charge in [-0.3, -0.25) is 4.55 Å². The van der Waals surface area contributed by atoms with Crippen LogP contribution in [-0.2, 0) is 14.9 Å². The maximum Gasteiger partial charge on any atom is 0.264 e. The monoisotopic (exact) mass is 251 g/mol. The SMILES string of the molecule is O=S(=O)(O)CCCCCCC1CNCCO1. The Kier molecular flexibility index (Phi) is 6.26. The second-order valence-corrected chi connectivity index (χ2v) is 5.76. The first-order valence-electron chi connectivity index (χ1n) is 5.85. The molecule has 0 aliphatic carbocycles.